The Hall–Kier alpha value is -1.25. The van der Waals surface area contributed by atoms with Gasteiger partial charge in [0.15, 0.2) is 0 Å². The molecule has 3 nitrogen and oxygen atoms in total. The maximum absolute atomic E-state index is 5.77. The van der Waals surface area contributed by atoms with Crippen LogP contribution in [0, 0.1) is 0 Å². The van der Waals surface area contributed by atoms with E-state index in [1.165, 1.54) is 18.4 Å². The van der Waals surface area contributed by atoms with Crippen molar-refractivity contribution in [1.82, 2.24) is 4.98 Å². The molecule has 0 amide bonds. The van der Waals surface area contributed by atoms with E-state index in [-0.39, 0.29) is 0 Å². The summed E-state index contributed by atoms with van der Waals surface area (Å²) in [6.07, 6.45) is 4.64. The Morgan fingerprint density at radius 2 is 2.06 bits per heavy atom. The topological polar surface area (TPSA) is 25.4 Å². The molecule has 0 bridgehead atoms. The van der Waals surface area contributed by atoms with Crippen LogP contribution in [0.4, 0.5) is 5.82 Å². The number of aromatic nitrogens is 1. The normalized spacial score (nSPS) is 15.3. The highest BCUT2D eigenvalue weighted by molar-refractivity contribution is 5.50. The van der Waals surface area contributed by atoms with E-state index >= 15 is 0 Å². The first kappa shape index (κ1) is 11.2. The van der Waals surface area contributed by atoms with E-state index in [1.54, 1.807) is 0 Å². The van der Waals surface area contributed by atoms with Crippen LogP contribution in [0.1, 0.15) is 38.2 Å². The van der Waals surface area contributed by atoms with E-state index in [0.717, 1.165) is 11.6 Å². The summed E-state index contributed by atoms with van der Waals surface area (Å²) in [6.45, 7) is 4.37. The fraction of sp³-hybridized carbons (Fsp3) is 0.615. The third-order valence-corrected chi connectivity index (χ3v) is 2.74. The van der Waals surface area contributed by atoms with Crippen LogP contribution in [-0.2, 0) is 0 Å². The molecular formula is C13H20N2O. The summed E-state index contributed by atoms with van der Waals surface area (Å²) in [5, 5.41) is 0. The van der Waals surface area contributed by atoms with Crippen molar-refractivity contribution >= 4 is 5.82 Å². The first-order valence-electron chi connectivity index (χ1n) is 5.92. The molecule has 88 valence electrons. The number of ether oxygens (including phenoxy) is 1. The van der Waals surface area contributed by atoms with Crippen LogP contribution >= 0.6 is 0 Å². The van der Waals surface area contributed by atoms with E-state index in [0.29, 0.717) is 12.0 Å². The molecule has 1 saturated carbocycles. The third-order valence-electron chi connectivity index (χ3n) is 2.74. The van der Waals surface area contributed by atoms with Gasteiger partial charge in [-0.05, 0) is 24.8 Å². The average molecular weight is 220 g/mol. The number of nitrogens with zero attached hydrogens (tertiary/aromatic N) is 2. The van der Waals surface area contributed by atoms with Crippen LogP contribution in [-0.4, -0.2) is 25.2 Å². The SMILES string of the molecule is CC(C)c1cc(OC2CC2)cnc1N(C)C. The summed E-state index contributed by atoms with van der Waals surface area (Å²) in [7, 11) is 4.05. The van der Waals surface area contributed by atoms with Gasteiger partial charge in [-0.25, -0.2) is 4.98 Å². The molecule has 0 N–H and O–H groups in total. The standard InChI is InChI=1S/C13H20N2O/c1-9(2)12-7-11(16-10-5-6-10)8-14-13(12)15(3)4/h7-10H,5-6H2,1-4H3. The molecule has 0 aromatic carbocycles. The minimum absolute atomic E-state index is 0.437. The van der Waals surface area contributed by atoms with Gasteiger partial charge >= 0.3 is 0 Å². The predicted molar refractivity (Wildman–Crippen MR) is 66.3 cm³/mol. The molecule has 16 heavy (non-hydrogen) atoms. The van der Waals surface area contributed by atoms with Crippen molar-refractivity contribution in [2.45, 2.75) is 38.7 Å². The van der Waals surface area contributed by atoms with Crippen molar-refractivity contribution in [3.8, 4) is 5.75 Å². The Kier molecular flexibility index (Phi) is 3.03. The average Bonchev–Trinajstić information content (AvgIpc) is 3.01. The lowest BCUT2D eigenvalue weighted by Gasteiger charge is -2.19. The van der Waals surface area contributed by atoms with Gasteiger partial charge in [0, 0.05) is 19.7 Å². The van der Waals surface area contributed by atoms with Crippen LogP contribution in [0.5, 0.6) is 5.75 Å². The molecule has 1 fully saturated rings. The van der Waals surface area contributed by atoms with Crippen LogP contribution in [0.15, 0.2) is 12.3 Å². The van der Waals surface area contributed by atoms with Crippen molar-refractivity contribution in [2.75, 3.05) is 19.0 Å². The molecule has 1 aliphatic carbocycles. The molecule has 1 aromatic rings. The summed E-state index contributed by atoms with van der Waals surface area (Å²) in [4.78, 5) is 6.53. The Morgan fingerprint density at radius 1 is 1.38 bits per heavy atom. The van der Waals surface area contributed by atoms with Crippen molar-refractivity contribution < 1.29 is 4.74 Å². The predicted octanol–water partition coefficient (Wildman–Crippen LogP) is 2.81. The van der Waals surface area contributed by atoms with Gasteiger partial charge in [0.2, 0.25) is 0 Å². The summed E-state index contributed by atoms with van der Waals surface area (Å²) >= 11 is 0. The van der Waals surface area contributed by atoms with Crippen molar-refractivity contribution in [3.05, 3.63) is 17.8 Å². The molecule has 1 aliphatic rings. The Balaban J connectivity index is 2.26. The fourth-order valence-electron chi connectivity index (χ4n) is 1.70. The monoisotopic (exact) mass is 220 g/mol. The number of hydrogen-bond acceptors (Lipinski definition) is 3. The largest absolute Gasteiger partial charge is 0.489 e. The van der Waals surface area contributed by atoms with Crippen molar-refractivity contribution in [3.63, 3.8) is 0 Å². The second-order valence-corrected chi connectivity index (χ2v) is 4.95. The minimum Gasteiger partial charge on any atom is -0.489 e. The molecular weight excluding hydrogens is 200 g/mol. The van der Waals surface area contributed by atoms with Gasteiger partial charge < -0.3 is 9.64 Å². The van der Waals surface area contributed by atoms with Crippen LogP contribution in [0.2, 0.25) is 0 Å². The molecule has 1 heterocycles. The van der Waals surface area contributed by atoms with E-state index in [4.69, 9.17) is 4.74 Å². The minimum atomic E-state index is 0.437. The van der Waals surface area contributed by atoms with E-state index in [9.17, 15) is 0 Å². The molecule has 2 rings (SSSR count). The van der Waals surface area contributed by atoms with Gasteiger partial charge in [-0.3, -0.25) is 0 Å². The zero-order valence-electron chi connectivity index (χ0n) is 10.5. The summed E-state index contributed by atoms with van der Waals surface area (Å²) in [6, 6.07) is 2.13. The van der Waals surface area contributed by atoms with Crippen LogP contribution in [0.25, 0.3) is 0 Å². The van der Waals surface area contributed by atoms with Crippen molar-refractivity contribution in [2.24, 2.45) is 0 Å². The van der Waals surface area contributed by atoms with Gasteiger partial charge in [0.25, 0.3) is 0 Å². The lowest BCUT2D eigenvalue weighted by molar-refractivity contribution is 0.301. The first-order chi connectivity index (χ1) is 7.58. The second-order valence-electron chi connectivity index (χ2n) is 4.95. The molecule has 0 saturated heterocycles. The highest BCUT2D eigenvalue weighted by Crippen LogP contribution is 2.31. The Labute approximate surface area is 97.4 Å². The van der Waals surface area contributed by atoms with Gasteiger partial charge in [0.05, 0.1) is 12.3 Å². The fourth-order valence-corrected chi connectivity index (χ4v) is 1.70. The summed E-state index contributed by atoms with van der Waals surface area (Å²) in [5.41, 5.74) is 1.25. The van der Waals surface area contributed by atoms with E-state index < -0.39 is 0 Å². The molecule has 0 radical (unpaired) electrons. The van der Waals surface area contributed by atoms with Gasteiger partial charge in [-0.1, -0.05) is 13.8 Å². The second kappa shape index (κ2) is 4.32. The zero-order chi connectivity index (χ0) is 11.7. The molecule has 0 atom stereocenters. The lowest BCUT2D eigenvalue weighted by atomic mass is 10.0. The summed E-state index contributed by atoms with van der Waals surface area (Å²) < 4.78 is 5.77. The summed E-state index contributed by atoms with van der Waals surface area (Å²) in [5.74, 6) is 2.42. The molecule has 1 aromatic heterocycles. The molecule has 3 heteroatoms. The van der Waals surface area contributed by atoms with E-state index in [2.05, 4.69) is 29.8 Å². The van der Waals surface area contributed by atoms with Crippen LogP contribution < -0.4 is 9.64 Å². The molecule has 0 spiro atoms. The number of hydrogen-bond donors (Lipinski definition) is 0. The first-order valence-corrected chi connectivity index (χ1v) is 5.92. The van der Waals surface area contributed by atoms with Crippen molar-refractivity contribution in [1.29, 1.82) is 0 Å². The van der Waals surface area contributed by atoms with E-state index in [1.807, 2.05) is 20.3 Å². The quantitative estimate of drug-likeness (QED) is 0.780. The lowest BCUT2D eigenvalue weighted by Crippen LogP contribution is -2.14. The third kappa shape index (κ3) is 2.46. The smallest absolute Gasteiger partial charge is 0.138 e. The molecule has 0 unspecified atom stereocenters. The number of anilines is 1. The Morgan fingerprint density at radius 3 is 2.56 bits per heavy atom. The van der Waals surface area contributed by atoms with Gasteiger partial charge in [-0.15, -0.1) is 0 Å². The number of pyridine rings is 1. The molecule has 0 aliphatic heterocycles. The maximum Gasteiger partial charge on any atom is 0.138 e. The highest BCUT2D eigenvalue weighted by Gasteiger charge is 2.24. The highest BCUT2D eigenvalue weighted by atomic mass is 16.5. The maximum atomic E-state index is 5.77. The van der Waals surface area contributed by atoms with Crippen LogP contribution in [0.3, 0.4) is 0 Å². The number of rotatable bonds is 4. The van der Waals surface area contributed by atoms with Gasteiger partial charge in [0.1, 0.15) is 11.6 Å². The Bertz CT molecular complexity index is 370. The van der Waals surface area contributed by atoms with Gasteiger partial charge in [-0.2, -0.15) is 0 Å². The zero-order valence-corrected chi connectivity index (χ0v) is 10.5.